The van der Waals surface area contributed by atoms with Gasteiger partial charge in [-0.05, 0) is 24.3 Å². The molecule has 1 aromatic rings. The van der Waals surface area contributed by atoms with Gasteiger partial charge in [0.25, 0.3) is 11.8 Å². The molecule has 3 amide bonds. The second-order valence-corrected chi connectivity index (χ2v) is 3.68. The molecule has 7 nitrogen and oxygen atoms in total. The number of hydrogen-bond donors (Lipinski definition) is 4. The van der Waals surface area contributed by atoms with Crippen LogP contribution in [0.1, 0.15) is 23.7 Å². The Morgan fingerprint density at radius 2 is 1.63 bits per heavy atom. The summed E-state index contributed by atoms with van der Waals surface area (Å²) in [5.74, 6) is -1.25. The Labute approximate surface area is 110 Å². The second kappa shape index (κ2) is 7.00. The van der Waals surface area contributed by atoms with E-state index in [-0.39, 0.29) is 24.6 Å². The van der Waals surface area contributed by atoms with Crippen LogP contribution in [0.5, 0.6) is 5.75 Å². The number of aromatic hydroxyl groups is 1. The van der Waals surface area contributed by atoms with Crippen LogP contribution in [0.3, 0.4) is 0 Å². The molecule has 19 heavy (non-hydrogen) atoms. The minimum absolute atomic E-state index is 0.0524. The van der Waals surface area contributed by atoms with E-state index in [1.54, 1.807) is 6.92 Å². The van der Waals surface area contributed by atoms with Gasteiger partial charge in [0.15, 0.2) is 0 Å². The maximum absolute atomic E-state index is 11.6. The summed E-state index contributed by atoms with van der Waals surface area (Å²) < 4.78 is 0. The molecular weight excluding hydrogens is 250 g/mol. The standard InChI is InChI=1S/C12H15N3O4/c1-2-10(17)14-15-11(18)7-13-12(19)8-3-5-9(16)6-4-8/h3-6,16H,2,7H2,1H3,(H,13,19)(H,14,17)(H,15,18). The third-order valence-corrected chi connectivity index (χ3v) is 2.20. The summed E-state index contributed by atoms with van der Waals surface area (Å²) in [6.45, 7) is 1.39. The maximum atomic E-state index is 11.6. The minimum Gasteiger partial charge on any atom is -0.508 e. The first-order valence-corrected chi connectivity index (χ1v) is 5.68. The molecule has 102 valence electrons. The zero-order valence-corrected chi connectivity index (χ0v) is 10.4. The molecule has 0 saturated carbocycles. The number of benzene rings is 1. The summed E-state index contributed by atoms with van der Waals surface area (Å²) in [6, 6.07) is 5.61. The largest absolute Gasteiger partial charge is 0.508 e. The van der Waals surface area contributed by atoms with E-state index in [2.05, 4.69) is 16.2 Å². The predicted molar refractivity (Wildman–Crippen MR) is 67.0 cm³/mol. The Morgan fingerprint density at radius 1 is 1.05 bits per heavy atom. The predicted octanol–water partition coefficient (Wildman–Crippen LogP) is -0.321. The lowest BCUT2D eigenvalue weighted by molar-refractivity contribution is -0.128. The van der Waals surface area contributed by atoms with Crippen LogP contribution in [0.25, 0.3) is 0 Å². The van der Waals surface area contributed by atoms with Crippen molar-refractivity contribution in [2.45, 2.75) is 13.3 Å². The van der Waals surface area contributed by atoms with Gasteiger partial charge in [-0.25, -0.2) is 0 Å². The van der Waals surface area contributed by atoms with Crippen molar-refractivity contribution in [1.82, 2.24) is 16.2 Å². The summed E-state index contributed by atoms with van der Waals surface area (Å²) in [5, 5.41) is 11.4. The van der Waals surface area contributed by atoms with Gasteiger partial charge < -0.3 is 10.4 Å². The van der Waals surface area contributed by atoms with Crippen LogP contribution < -0.4 is 16.2 Å². The fourth-order valence-electron chi connectivity index (χ4n) is 1.15. The number of carbonyl (C=O) groups excluding carboxylic acids is 3. The highest BCUT2D eigenvalue weighted by Gasteiger charge is 2.08. The van der Waals surface area contributed by atoms with Gasteiger partial charge in [-0.2, -0.15) is 0 Å². The molecule has 1 rings (SSSR count). The molecule has 0 aliphatic carbocycles. The lowest BCUT2D eigenvalue weighted by Gasteiger charge is -2.07. The van der Waals surface area contributed by atoms with Crippen molar-refractivity contribution in [2.75, 3.05) is 6.54 Å². The van der Waals surface area contributed by atoms with E-state index in [1.165, 1.54) is 24.3 Å². The minimum atomic E-state index is -0.533. The molecule has 0 aliphatic rings. The third-order valence-electron chi connectivity index (χ3n) is 2.20. The summed E-state index contributed by atoms with van der Waals surface area (Å²) in [7, 11) is 0. The Morgan fingerprint density at radius 3 is 2.21 bits per heavy atom. The monoisotopic (exact) mass is 265 g/mol. The summed E-state index contributed by atoms with van der Waals surface area (Å²) in [4.78, 5) is 33.7. The van der Waals surface area contributed by atoms with Crippen LogP contribution in [0.4, 0.5) is 0 Å². The van der Waals surface area contributed by atoms with Crippen molar-refractivity contribution in [3.8, 4) is 5.75 Å². The molecule has 0 saturated heterocycles. The summed E-state index contributed by atoms with van der Waals surface area (Å²) in [5.41, 5.74) is 4.66. The van der Waals surface area contributed by atoms with Gasteiger partial charge >= 0.3 is 0 Å². The van der Waals surface area contributed by atoms with Crippen molar-refractivity contribution < 1.29 is 19.5 Å². The second-order valence-electron chi connectivity index (χ2n) is 3.68. The van der Waals surface area contributed by atoms with Crippen LogP contribution in [-0.2, 0) is 9.59 Å². The van der Waals surface area contributed by atoms with E-state index in [0.29, 0.717) is 5.56 Å². The summed E-state index contributed by atoms with van der Waals surface area (Å²) >= 11 is 0. The van der Waals surface area contributed by atoms with Crippen LogP contribution in [-0.4, -0.2) is 29.4 Å². The maximum Gasteiger partial charge on any atom is 0.257 e. The Bertz CT molecular complexity index is 470. The normalized spacial score (nSPS) is 9.53. The van der Waals surface area contributed by atoms with Gasteiger partial charge in [0.1, 0.15) is 5.75 Å². The van der Waals surface area contributed by atoms with Gasteiger partial charge in [0.05, 0.1) is 6.54 Å². The third kappa shape index (κ3) is 5.07. The molecular formula is C12H15N3O4. The van der Waals surface area contributed by atoms with Crippen molar-refractivity contribution in [3.05, 3.63) is 29.8 Å². The lowest BCUT2D eigenvalue weighted by atomic mass is 10.2. The Kier molecular flexibility index (Phi) is 5.34. The highest BCUT2D eigenvalue weighted by molar-refractivity contribution is 5.96. The summed E-state index contributed by atoms with van der Waals surface area (Å²) in [6.07, 6.45) is 0.250. The number of hydrazine groups is 1. The van der Waals surface area contributed by atoms with Gasteiger partial charge in [-0.15, -0.1) is 0 Å². The number of rotatable bonds is 4. The van der Waals surface area contributed by atoms with E-state index in [1.807, 2.05) is 0 Å². The molecule has 0 bridgehead atoms. The van der Waals surface area contributed by atoms with Gasteiger partial charge in [-0.1, -0.05) is 6.92 Å². The average Bonchev–Trinajstić information content (AvgIpc) is 2.42. The molecule has 0 fully saturated rings. The lowest BCUT2D eigenvalue weighted by Crippen LogP contribution is -2.46. The topological polar surface area (TPSA) is 108 Å². The van der Waals surface area contributed by atoms with E-state index in [4.69, 9.17) is 5.11 Å². The molecule has 1 aromatic carbocycles. The van der Waals surface area contributed by atoms with Crippen molar-refractivity contribution in [1.29, 1.82) is 0 Å². The molecule has 0 aromatic heterocycles. The molecule has 0 spiro atoms. The SMILES string of the molecule is CCC(=O)NNC(=O)CNC(=O)c1ccc(O)cc1. The quantitative estimate of drug-likeness (QED) is 0.559. The van der Waals surface area contributed by atoms with E-state index >= 15 is 0 Å². The molecule has 7 heteroatoms. The molecule has 4 N–H and O–H groups in total. The fraction of sp³-hybridized carbons (Fsp3) is 0.250. The zero-order chi connectivity index (χ0) is 14.3. The highest BCUT2D eigenvalue weighted by Crippen LogP contribution is 2.09. The van der Waals surface area contributed by atoms with Gasteiger partial charge in [-0.3, -0.25) is 25.2 Å². The number of hydrogen-bond acceptors (Lipinski definition) is 4. The highest BCUT2D eigenvalue weighted by atomic mass is 16.3. The number of carbonyl (C=O) groups is 3. The van der Waals surface area contributed by atoms with E-state index < -0.39 is 11.8 Å². The Balaban J connectivity index is 2.36. The van der Waals surface area contributed by atoms with Crippen molar-refractivity contribution >= 4 is 17.7 Å². The fourth-order valence-corrected chi connectivity index (χ4v) is 1.15. The first kappa shape index (κ1) is 14.5. The number of phenols is 1. The van der Waals surface area contributed by atoms with Crippen LogP contribution in [0.15, 0.2) is 24.3 Å². The van der Waals surface area contributed by atoms with Gasteiger partial charge in [0, 0.05) is 12.0 Å². The van der Waals surface area contributed by atoms with Crippen LogP contribution >= 0.6 is 0 Å². The van der Waals surface area contributed by atoms with E-state index in [9.17, 15) is 14.4 Å². The number of nitrogens with one attached hydrogen (secondary N) is 3. The molecule has 0 unspecified atom stereocenters. The number of phenolic OH excluding ortho intramolecular Hbond substituents is 1. The van der Waals surface area contributed by atoms with Crippen LogP contribution in [0, 0.1) is 0 Å². The Hall–Kier alpha value is -2.57. The first-order chi connectivity index (χ1) is 9.02. The average molecular weight is 265 g/mol. The first-order valence-electron chi connectivity index (χ1n) is 5.68. The molecule has 0 radical (unpaired) electrons. The smallest absolute Gasteiger partial charge is 0.257 e. The van der Waals surface area contributed by atoms with E-state index in [0.717, 1.165) is 0 Å². The zero-order valence-electron chi connectivity index (χ0n) is 10.4. The van der Waals surface area contributed by atoms with Crippen LogP contribution in [0.2, 0.25) is 0 Å². The van der Waals surface area contributed by atoms with Crippen molar-refractivity contribution in [3.63, 3.8) is 0 Å². The molecule has 0 heterocycles. The number of amides is 3. The van der Waals surface area contributed by atoms with Gasteiger partial charge in [0.2, 0.25) is 5.91 Å². The van der Waals surface area contributed by atoms with Crippen molar-refractivity contribution in [2.24, 2.45) is 0 Å². The molecule has 0 aliphatic heterocycles. The molecule has 0 atom stereocenters.